The maximum absolute atomic E-state index is 9.14. The molecule has 0 saturated heterocycles. The summed E-state index contributed by atoms with van der Waals surface area (Å²) in [7, 11) is -2.90. The number of hydrogen-bond donors (Lipinski definition) is 0. The number of fused-ring (bicyclic) bond motifs is 6. The molecular weight excluding hydrogens is 1250 g/mol. The molecule has 410 valence electrons. The third kappa shape index (κ3) is 8.74. The summed E-state index contributed by atoms with van der Waals surface area (Å²) in [6.45, 7) is 0. The van der Waals surface area contributed by atoms with E-state index in [0.29, 0.717) is 34.0 Å². The van der Waals surface area contributed by atoms with Crippen LogP contribution in [0.25, 0.3) is 83.4 Å². The van der Waals surface area contributed by atoms with E-state index in [-0.39, 0.29) is 49.0 Å². The van der Waals surface area contributed by atoms with E-state index in [9.17, 15) is 0 Å². The van der Waals surface area contributed by atoms with Gasteiger partial charge in [-0.3, -0.25) is 4.57 Å². The Balaban J connectivity index is 0.00000756. The minimum absolute atomic E-state index is 0. The van der Waals surface area contributed by atoms with Gasteiger partial charge < -0.3 is 18.8 Å². The third-order valence-electron chi connectivity index (χ3n) is 16.1. The molecular formula is C78H51N5OPtSi-2. The van der Waals surface area contributed by atoms with Gasteiger partial charge in [0, 0.05) is 61.7 Å². The second kappa shape index (κ2) is 22.0. The smallest absolute Gasteiger partial charge is 0.268 e. The summed E-state index contributed by atoms with van der Waals surface area (Å²) in [5.74, 6) is 1.39. The summed E-state index contributed by atoms with van der Waals surface area (Å²) in [4.78, 5) is 7.55. The second-order valence-corrected chi connectivity index (χ2v) is 24.4. The summed E-state index contributed by atoms with van der Waals surface area (Å²) < 4.78 is 101. The van der Waals surface area contributed by atoms with E-state index in [1.165, 1.54) is 20.7 Å². The van der Waals surface area contributed by atoms with Crippen molar-refractivity contribution in [3.8, 4) is 62.1 Å². The van der Waals surface area contributed by atoms with Crippen LogP contribution in [-0.2, 0) is 21.1 Å². The van der Waals surface area contributed by atoms with Gasteiger partial charge in [0.1, 0.15) is 5.82 Å². The summed E-state index contributed by atoms with van der Waals surface area (Å²) in [6.07, 6.45) is 5.32. The van der Waals surface area contributed by atoms with Crippen LogP contribution in [-0.4, -0.2) is 22.2 Å². The Labute approximate surface area is 528 Å². The van der Waals surface area contributed by atoms with Gasteiger partial charge in [0.05, 0.1) is 36.1 Å². The largest absolute Gasteiger partial charge is 0.510 e. The molecule has 6 nitrogen and oxygen atoms in total. The summed E-state index contributed by atoms with van der Waals surface area (Å²) in [6, 6.07) is 83.9. The number of rotatable bonds is 11. The molecule has 0 N–H and O–H groups in total. The van der Waals surface area contributed by atoms with Crippen molar-refractivity contribution in [2.75, 3.05) is 4.90 Å². The van der Waals surface area contributed by atoms with Crippen LogP contribution in [0.4, 0.5) is 17.1 Å². The maximum Gasteiger partial charge on any atom is 0.268 e. The van der Waals surface area contributed by atoms with Gasteiger partial charge in [-0.25, -0.2) is 4.98 Å². The molecule has 0 radical (unpaired) electrons. The first kappa shape index (κ1) is 42.4. The number of imidazole rings is 1. The summed E-state index contributed by atoms with van der Waals surface area (Å²) >= 11 is 0. The Hall–Kier alpha value is -10.4. The van der Waals surface area contributed by atoms with E-state index in [1.54, 1.807) is 33.4 Å². The monoisotopic (exact) mass is 1310 g/mol. The maximum atomic E-state index is 9.14. The standard InChI is InChI=1S/C78H51N5OSi.Pt/c1-6-24-55(25-7-1)58-44-47-69-68(50-58)67-46-45-62(84-61-31-22-30-59(51-61)80-54-81(71-39-17-16-38-70(71)80)78-65(56-26-8-2-9-27-56)36-23-37-66(78)57-28-10-3-11-29-57)53-74(67)83(69)77-52-60(48-49-79-77)82-72-40-18-20-42-75(72)85(63-32-12-4-13-33-63,64-34-14-5-15-35-64)76-43-21-19-41-73(76)82;/h1-50,52H;/q-2;/i2D,3D,8D,9D,10D,11D,26D,27D,28D,29D;. The number of aromatic nitrogens is 4. The number of ether oxygens (including phenoxy) is 1. The predicted molar refractivity (Wildman–Crippen MR) is 348 cm³/mol. The van der Waals surface area contributed by atoms with Crippen LogP contribution in [0.1, 0.15) is 13.7 Å². The van der Waals surface area contributed by atoms with Gasteiger partial charge in [-0.05, 0) is 89.5 Å². The molecule has 4 heterocycles. The molecule has 0 aliphatic carbocycles. The zero-order chi connectivity index (χ0) is 65.0. The number of anilines is 3. The van der Waals surface area contributed by atoms with Gasteiger partial charge in [-0.1, -0.05) is 248 Å². The van der Waals surface area contributed by atoms with E-state index < -0.39 is 68.5 Å². The molecule has 1 aliphatic heterocycles. The molecule has 0 saturated carbocycles. The average molecular weight is 1310 g/mol. The molecule has 0 fully saturated rings. The van der Waals surface area contributed by atoms with Gasteiger partial charge in [0.2, 0.25) is 0 Å². The molecule has 8 heteroatoms. The minimum atomic E-state index is -2.90. The van der Waals surface area contributed by atoms with E-state index in [1.807, 2.05) is 72.9 Å². The molecule has 0 spiro atoms. The number of hydrogen-bond acceptors (Lipinski definition) is 3. The van der Waals surface area contributed by atoms with Crippen LogP contribution >= 0.6 is 0 Å². The Morgan fingerprint density at radius 2 is 1.06 bits per heavy atom. The van der Waals surface area contributed by atoms with Gasteiger partial charge in [-0.2, -0.15) is 18.2 Å². The quantitative estimate of drug-likeness (QED) is 0.0736. The molecule has 3 aromatic heterocycles. The van der Waals surface area contributed by atoms with Crippen LogP contribution < -0.4 is 35.0 Å². The molecule has 15 aromatic rings. The molecule has 1 aliphatic rings. The van der Waals surface area contributed by atoms with Crippen LogP contribution in [0.3, 0.4) is 0 Å². The topological polar surface area (TPSA) is 39.1 Å². The van der Waals surface area contributed by atoms with Crippen molar-refractivity contribution in [3.63, 3.8) is 0 Å². The van der Waals surface area contributed by atoms with Crippen LogP contribution in [0.2, 0.25) is 0 Å². The molecule has 0 atom stereocenters. The Bertz CT molecular complexity index is 5400. The predicted octanol–water partition coefficient (Wildman–Crippen LogP) is 15.8. The van der Waals surface area contributed by atoms with Crippen molar-refractivity contribution in [2.45, 2.75) is 0 Å². The molecule has 86 heavy (non-hydrogen) atoms. The Morgan fingerprint density at radius 3 is 1.73 bits per heavy atom. The first-order chi connectivity index (χ1) is 46.3. The first-order valence-corrected chi connectivity index (χ1v) is 29.9. The fraction of sp³-hybridized carbons (Fsp3) is 0. The van der Waals surface area contributed by atoms with Gasteiger partial charge in [0.25, 0.3) is 6.33 Å². The average Bonchev–Trinajstić information content (AvgIpc) is 0.886. The Kier molecular flexibility index (Phi) is 10.8. The second-order valence-electron chi connectivity index (χ2n) is 20.7. The SMILES string of the molecule is [2H]c1c([2H])c([2H])c(-c2cccc(-c3c([2H])c([2H])c([2H])c([2H])c3[2H])c2-[n+]2[c-]n(-c3[c-]c(Oc4[c-]c5c(cc4)c4cc(-c6ccccc6)ccc4n5-c4cc(N5c6ccccc6[Si](c6ccccc6)(c6ccccc6)c6ccccc65)ccn4)ccc3)c3ccccc32)c([2H])c1[2H].[Pt]. The number of benzene rings is 12. The first-order valence-electron chi connectivity index (χ1n) is 32.9. The van der Waals surface area contributed by atoms with Crippen molar-refractivity contribution >= 4 is 78.7 Å². The molecule has 0 bridgehead atoms. The number of pyridine rings is 1. The van der Waals surface area contributed by atoms with Crippen molar-refractivity contribution in [2.24, 2.45) is 0 Å². The fourth-order valence-corrected chi connectivity index (χ4v) is 17.6. The zero-order valence-corrected chi connectivity index (χ0v) is 48.9. The van der Waals surface area contributed by atoms with Crippen molar-refractivity contribution in [3.05, 3.63) is 328 Å². The van der Waals surface area contributed by atoms with Gasteiger partial charge in [-0.15, -0.1) is 29.7 Å². The van der Waals surface area contributed by atoms with E-state index in [4.69, 9.17) is 23.4 Å². The molecule has 0 amide bonds. The molecule has 16 rings (SSSR count). The normalized spacial score (nSPS) is 14.0. The number of para-hydroxylation sites is 5. The van der Waals surface area contributed by atoms with Gasteiger partial charge >= 0.3 is 0 Å². The van der Waals surface area contributed by atoms with Crippen LogP contribution in [0, 0.1) is 18.5 Å². The fourth-order valence-electron chi connectivity index (χ4n) is 12.5. The number of nitrogens with zero attached hydrogens (tertiary/aromatic N) is 5. The van der Waals surface area contributed by atoms with Crippen LogP contribution in [0.15, 0.2) is 309 Å². The van der Waals surface area contributed by atoms with Crippen LogP contribution in [0.5, 0.6) is 11.5 Å². The third-order valence-corrected chi connectivity index (χ3v) is 20.9. The molecule has 12 aromatic carbocycles. The van der Waals surface area contributed by atoms with E-state index in [0.717, 1.165) is 50.0 Å². The van der Waals surface area contributed by atoms with E-state index in [2.05, 4.69) is 180 Å². The van der Waals surface area contributed by atoms with Crippen molar-refractivity contribution < 1.29 is 44.1 Å². The summed E-state index contributed by atoms with van der Waals surface area (Å²) in [5.41, 5.74) is 8.58. The van der Waals surface area contributed by atoms with Crippen molar-refractivity contribution in [1.82, 2.24) is 14.1 Å². The molecule has 0 unspecified atom stereocenters. The van der Waals surface area contributed by atoms with Gasteiger partial charge in [0.15, 0.2) is 8.07 Å². The van der Waals surface area contributed by atoms with Crippen molar-refractivity contribution in [1.29, 1.82) is 0 Å². The zero-order valence-electron chi connectivity index (χ0n) is 55.6. The summed E-state index contributed by atoms with van der Waals surface area (Å²) in [5, 5.41) is 7.06. The minimum Gasteiger partial charge on any atom is -0.510 e. The Morgan fingerprint density at radius 1 is 0.465 bits per heavy atom. The van der Waals surface area contributed by atoms with E-state index >= 15 is 0 Å².